The second kappa shape index (κ2) is 6.58. The SMILES string of the molecule is CN(CC(=O)Nc1cc(C(C)(C)C)no1)C1CCCNC1. The lowest BCUT2D eigenvalue weighted by Crippen LogP contribution is -2.46. The van der Waals surface area contributed by atoms with Crippen LogP contribution < -0.4 is 10.6 Å². The minimum absolute atomic E-state index is 0.0697. The Bertz CT molecular complexity index is 472. The quantitative estimate of drug-likeness (QED) is 0.882. The second-order valence-corrected chi connectivity index (χ2v) is 6.79. The van der Waals surface area contributed by atoms with Gasteiger partial charge in [0.25, 0.3) is 0 Å². The summed E-state index contributed by atoms with van der Waals surface area (Å²) in [5, 5.41) is 10.1. The molecule has 0 aliphatic carbocycles. The molecule has 0 aromatic carbocycles. The van der Waals surface area contributed by atoms with E-state index in [1.165, 1.54) is 0 Å². The number of carbonyl (C=O) groups is 1. The lowest BCUT2D eigenvalue weighted by molar-refractivity contribution is -0.117. The number of aromatic nitrogens is 1. The molecule has 1 aromatic rings. The molecule has 1 amide bonds. The van der Waals surface area contributed by atoms with Crippen LogP contribution in [0.25, 0.3) is 0 Å². The molecule has 0 saturated carbocycles. The number of hydrogen-bond acceptors (Lipinski definition) is 5. The minimum Gasteiger partial charge on any atom is -0.338 e. The van der Waals surface area contributed by atoms with E-state index in [0.29, 0.717) is 18.5 Å². The van der Waals surface area contributed by atoms with Crippen molar-refractivity contribution in [2.24, 2.45) is 0 Å². The molecule has 0 spiro atoms. The molecule has 2 rings (SSSR count). The molecule has 1 atom stereocenters. The highest BCUT2D eigenvalue weighted by Crippen LogP contribution is 2.23. The summed E-state index contributed by atoms with van der Waals surface area (Å²) in [6.45, 7) is 8.54. The summed E-state index contributed by atoms with van der Waals surface area (Å²) in [5.41, 5.74) is 0.749. The standard InChI is InChI=1S/C15H26N4O2/c1-15(2,3)12-8-14(21-18-12)17-13(20)10-19(4)11-6-5-7-16-9-11/h8,11,16H,5-7,9-10H2,1-4H3,(H,17,20). The third-order valence-electron chi connectivity index (χ3n) is 3.83. The number of anilines is 1. The first-order valence-electron chi connectivity index (χ1n) is 7.54. The summed E-state index contributed by atoms with van der Waals surface area (Å²) in [4.78, 5) is 14.1. The van der Waals surface area contributed by atoms with Crippen molar-refractivity contribution >= 4 is 11.8 Å². The van der Waals surface area contributed by atoms with Crippen LogP contribution in [0.4, 0.5) is 5.88 Å². The largest absolute Gasteiger partial charge is 0.338 e. The van der Waals surface area contributed by atoms with Crippen molar-refractivity contribution < 1.29 is 9.32 Å². The van der Waals surface area contributed by atoms with Crippen LogP contribution in [-0.4, -0.2) is 48.7 Å². The number of hydrogen-bond donors (Lipinski definition) is 2. The number of rotatable bonds is 4. The van der Waals surface area contributed by atoms with Gasteiger partial charge in [0.15, 0.2) is 0 Å². The Kier molecular flexibility index (Phi) is 5.00. The van der Waals surface area contributed by atoms with Crippen LogP contribution in [0.1, 0.15) is 39.3 Å². The van der Waals surface area contributed by atoms with Crippen LogP contribution in [0.5, 0.6) is 0 Å². The van der Waals surface area contributed by atoms with E-state index in [-0.39, 0.29) is 11.3 Å². The molecule has 2 heterocycles. The van der Waals surface area contributed by atoms with Gasteiger partial charge < -0.3 is 9.84 Å². The normalized spacial score (nSPS) is 19.8. The predicted octanol–water partition coefficient (Wildman–Crippen LogP) is 1.59. The van der Waals surface area contributed by atoms with Gasteiger partial charge in [-0.25, -0.2) is 0 Å². The van der Waals surface area contributed by atoms with Gasteiger partial charge in [-0.3, -0.25) is 15.0 Å². The van der Waals surface area contributed by atoms with Gasteiger partial charge in [0, 0.05) is 24.1 Å². The highest BCUT2D eigenvalue weighted by atomic mass is 16.5. The lowest BCUT2D eigenvalue weighted by Gasteiger charge is -2.30. The third-order valence-corrected chi connectivity index (χ3v) is 3.83. The van der Waals surface area contributed by atoms with Crippen molar-refractivity contribution in [3.8, 4) is 0 Å². The van der Waals surface area contributed by atoms with Gasteiger partial charge in [0.1, 0.15) is 0 Å². The molecule has 6 nitrogen and oxygen atoms in total. The summed E-state index contributed by atoms with van der Waals surface area (Å²) in [6, 6.07) is 2.21. The summed E-state index contributed by atoms with van der Waals surface area (Å²) in [7, 11) is 1.98. The minimum atomic E-state index is -0.0863. The van der Waals surface area contributed by atoms with Gasteiger partial charge in [-0.15, -0.1) is 0 Å². The number of nitrogens with zero attached hydrogens (tertiary/aromatic N) is 2. The first kappa shape index (κ1) is 16.0. The molecular weight excluding hydrogens is 268 g/mol. The number of piperidine rings is 1. The van der Waals surface area contributed by atoms with Crippen molar-refractivity contribution in [3.63, 3.8) is 0 Å². The van der Waals surface area contributed by atoms with Gasteiger partial charge in [0.05, 0.1) is 12.2 Å². The van der Waals surface area contributed by atoms with E-state index < -0.39 is 0 Å². The first-order valence-corrected chi connectivity index (χ1v) is 7.54. The number of likely N-dealkylation sites (N-methyl/N-ethyl adjacent to an activating group) is 1. The zero-order valence-electron chi connectivity index (χ0n) is 13.4. The van der Waals surface area contributed by atoms with Crippen LogP contribution in [-0.2, 0) is 10.2 Å². The zero-order valence-corrected chi connectivity index (χ0v) is 13.4. The maximum atomic E-state index is 12.1. The van der Waals surface area contributed by atoms with Crippen LogP contribution in [0.15, 0.2) is 10.6 Å². The maximum absolute atomic E-state index is 12.1. The third kappa shape index (κ3) is 4.54. The molecule has 1 saturated heterocycles. The fourth-order valence-electron chi connectivity index (χ4n) is 2.43. The number of amides is 1. The molecule has 118 valence electrons. The molecule has 1 aliphatic rings. The molecule has 0 radical (unpaired) electrons. The van der Waals surface area contributed by atoms with Crippen molar-refractivity contribution in [2.75, 3.05) is 32.0 Å². The Morgan fingerprint density at radius 3 is 2.90 bits per heavy atom. The highest BCUT2D eigenvalue weighted by Gasteiger charge is 2.22. The van der Waals surface area contributed by atoms with Crippen molar-refractivity contribution in [2.45, 2.75) is 45.1 Å². The molecule has 0 bridgehead atoms. The van der Waals surface area contributed by atoms with E-state index in [4.69, 9.17) is 4.52 Å². The van der Waals surface area contributed by atoms with E-state index in [1.54, 1.807) is 6.07 Å². The Morgan fingerprint density at radius 2 is 2.33 bits per heavy atom. The highest BCUT2D eigenvalue weighted by molar-refractivity contribution is 5.91. The first-order chi connectivity index (χ1) is 9.86. The molecule has 6 heteroatoms. The maximum Gasteiger partial charge on any atom is 0.240 e. The Labute approximate surface area is 126 Å². The van der Waals surface area contributed by atoms with E-state index in [0.717, 1.165) is 31.6 Å². The van der Waals surface area contributed by atoms with Gasteiger partial charge in [-0.2, -0.15) is 0 Å². The average molecular weight is 294 g/mol. The predicted molar refractivity (Wildman–Crippen MR) is 82.4 cm³/mol. The molecule has 1 fully saturated rings. The Balaban J connectivity index is 1.85. The average Bonchev–Trinajstić information content (AvgIpc) is 2.88. The molecule has 1 unspecified atom stereocenters. The van der Waals surface area contributed by atoms with Crippen LogP contribution in [0.2, 0.25) is 0 Å². The monoisotopic (exact) mass is 294 g/mol. The van der Waals surface area contributed by atoms with E-state index in [2.05, 4.69) is 41.5 Å². The van der Waals surface area contributed by atoms with Crippen LogP contribution >= 0.6 is 0 Å². The molecule has 2 N–H and O–H groups in total. The summed E-state index contributed by atoms with van der Waals surface area (Å²) >= 11 is 0. The number of carbonyl (C=O) groups excluding carboxylic acids is 1. The summed E-state index contributed by atoms with van der Waals surface area (Å²) in [5.74, 6) is 0.347. The van der Waals surface area contributed by atoms with Gasteiger partial charge in [-0.1, -0.05) is 25.9 Å². The number of nitrogens with one attached hydrogen (secondary N) is 2. The smallest absolute Gasteiger partial charge is 0.240 e. The van der Waals surface area contributed by atoms with E-state index in [1.807, 2.05) is 7.05 Å². The molecule has 1 aromatic heterocycles. The van der Waals surface area contributed by atoms with Crippen LogP contribution in [0, 0.1) is 0 Å². The van der Waals surface area contributed by atoms with E-state index in [9.17, 15) is 4.79 Å². The summed E-state index contributed by atoms with van der Waals surface area (Å²) < 4.78 is 5.18. The topological polar surface area (TPSA) is 70.4 Å². The van der Waals surface area contributed by atoms with Crippen molar-refractivity contribution in [3.05, 3.63) is 11.8 Å². The Morgan fingerprint density at radius 1 is 1.57 bits per heavy atom. The molecule has 21 heavy (non-hydrogen) atoms. The van der Waals surface area contributed by atoms with Crippen LogP contribution in [0.3, 0.4) is 0 Å². The second-order valence-electron chi connectivity index (χ2n) is 6.79. The Hall–Kier alpha value is -1.40. The van der Waals surface area contributed by atoms with Gasteiger partial charge in [0.2, 0.25) is 11.8 Å². The van der Waals surface area contributed by atoms with E-state index >= 15 is 0 Å². The zero-order chi connectivity index (χ0) is 15.5. The van der Waals surface area contributed by atoms with Crippen molar-refractivity contribution in [1.29, 1.82) is 0 Å². The van der Waals surface area contributed by atoms with Gasteiger partial charge >= 0.3 is 0 Å². The fourth-order valence-corrected chi connectivity index (χ4v) is 2.43. The summed E-state index contributed by atoms with van der Waals surface area (Å²) in [6.07, 6.45) is 2.29. The molecule has 1 aliphatic heterocycles. The van der Waals surface area contributed by atoms with Crippen molar-refractivity contribution in [1.82, 2.24) is 15.4 Å². The molecular formula is C15H26N4O2. The lowest BCUT2D eigenvalue weighted by atomic mass is 9.92. The fraction of sp³-hybridized carbons (Fsp3) is 0.733. The van der Waals surface area contributed by atoms with Gasteiger partial charge in [-0.05, 0) is 26.4 Å².